The van der Waals surface area contributed by atoms with Gasteiger partial charge in [-0.15, -0.1) is 0 Å². The van der Waals surface area contributed by atoms with Crippen LogP contribution in [0, 0.1) is 6.92 Å². The van der Waals surface area contributed by atoms with Crippen molar-refractivity contribution < 1.29 is 14.7 Å². The third kappa shape index (κ3) is 2.60. The van der Waals surface area contributed by atoms with E-state index in [2.05, 4.69) is 4.98 Å². The number of hydrogen-bond acceptors (Lipinski definition) is 4. The summed E-state index contributed by atoms with van der Waals surface area (Å²) in [5.74, 6) is -1.06. The van der Waals surface area contributed by atoms with E-state index in [9.17, 15) is 14.7 Å². The highest BCUT2D eigenvalue weighted by Crippen LogP contribution is 2.20. The van der Waals surface area contributed by atoms with Crippen molar-refractivity contribution in [3.05, 3.63) is 58.9 Å². The number of carbonyl (C=O) groups is 2. The van der Waals surface area contributed by atoms with Crippen LogP contribution in [0.3, 0.4) is 0 Å². The maximum Gasteiger partial charge on any atom is 0.248 e. The third-order valence-electron chi connectivity index (χ3n) is 2.70. The molecule has 1 heterocycles. The number of ketones is 1. The Morgan fingerprint density at radius 1 is 1.16 bits per heavy atom. The number of hydrogen-bond donors (Lipinski definition) is 2. The lowest BCUT2D eigenvalue weighted by Crippen LogP contribution is -2.11. The molecule has 2 aromatic rings. The Morgan fingerprint density at radius 2 is 1.74 bits per heavy atom. The Hall–Kier alpha value is -2.69. The lowest BCUT2D eigenvalue weighted by Gasteiger charge is -2.05. The lowest BCUT2D eigenvalue weighted by atomic mass is 10.0. The summed E-state index contributed by atoms with van der Waals surface area (Å²) in [6, 6.07) is 7.45. The standard InChI is InChI=1S/C14H12N2O3/c1-8-6-11(12(17)7-16-8)13(18)9-2-4-10(5-3-9)14(15)19/h2-7,17H,1H3,(H2,15,19). The maximum atomic E-state index is 12.2. The number of nitrogens with zero attached hydrogens (tertiary/aromatic N) is 1. The van der Waals surface area contributed by atoms with E-state index in [4.69, 9.17) is 5.73 Å². The van der Waals surface area contributed by atoms with Crippen LogP contribution in [0.5, 0.6) is 5.75 Å². The number of pyridine rings is 1. The Balaban J connectivity index is 2.38. The number of primary amides is 1. The minimum Gasteiger partial charge on any atom is -0.506 e. The SMILES string of the molecule is Cc1cc(C(=O)c2ccc(C(N)=O)cc2)c(O)cn1. The largest absolute Gasteiger partial charge is 0.506 e. The summed E-state index contributed by atoms with van der Waals surface area (Å²) in [5, 5.41) is 9.65. The molecule has 0 spiro atoms. The van der Waals surface area contributed by atoms with Crippen molar-refractivity contribution in [2.24, 2.45) is 5.73 Å². The number of amides is 1. The van der Waals surface area contributed by atoms with E-state index in [-0.39, 0.29) is 17.1 Å². The zero-order chi connectivity index (χ0) is 14.0. The quantitative estimate of drug-likeness (QED) is 0.812. The summed E-state index contributed by atoms with van der Waals surface area (Å²) in [6.07, 6.45) is 1.24. The van der Waals surface area contributed by atoms with E-state index in [1.807, 2.05) is 0 Å². The normalized spacial score (nSPS) is 10.2. The number of aromatic nitrogens is 1. The molecule has 0 aliphatic heterocycles. The number of aryl methyl sites for hydroxylation is 1. The van der Waals surface area contributed by atoms with E-state index in [0.29, 0.717) is 16.8 Å². The van der Waals surface area contributed by atoms with Crippen LogP contribution in [0.1, 0.15) is 32.0 Å². The fourth-order valence-electron chi connectivity index (χ4n) is 1.68. The average molecular weight is 256 g/mol. The van der Waals surface area contributed by atoms with Gasteiger partial charge in [-0.05, 0) is 25.1 Å². The number of aromatic hydroxyl groups is 1. The van der Waals surface area contributed by atoms with Gasteiger partial charge < -0.3 is 10.8 Å². The van der Waals surface area contributed by atoms with Crippen molar-refractivity contribution >= 4 is 11.7 Å². The number of benzene rings is 1. The third-order valence-corrected chi connectivity index (χ3v) is 2.70. The average Bonchev–Trinajstić information content (AvgIpc) is 2.41. The molecule has 5 heteroatoms. The molecule has 0 atom stereocenters. The van der Waals surface area contributed by atoms with Gasteiger partial charge in [0.2, 0.25) is 5.91 Å². The Bertz CT molecular complexity index is 648. The van der Waals surface area contributed by atoms with Gasteiger partial charge in [-0.3, -0.25) is 14.6 Å². The topological polar surface area (TPSA) is 93.3 Å². The van der Waals surface area contributed by atoms with Crippen molar-refractivity contribution in [1.82, 2.24) is 4.98 Å². The molecule has 0 aliphatic carbocycles. The fourth-order valence-corrected chi connectivity index (χ4v) is 1.68. The summed E-state index contributed by atoms with van der Waals surface area (Å²) >= 11 is 0. The molecule has 3 N–H and O–H groups in total. The first-order valence-electron chi connectivity index (χ1n) is 5.59. The Kier molecular flexibility index (Phi) is 3.29. The number of nitrogens with two attached hydrogens (primary N) is 1. The second-order valence-corrected chi connectivity index (χ2v) is 4.11. The molecule has 0 saturated heterocycles. The summed E-state index contributed by atoms with van der Waals surface area (Å²) in [7, 11) is 0. The van der Waals surface area contributed by atoms with Crippen molar-refractivity contribution in [3.8, 4) is 5.75 Å². The summed E-state index contributed by atoms with van der Waals surface area (Å²) in [5.41, 5.74) is 6.63. The van der Waals surface area contributed by atoms with Crippen molar-refractivity contribution in [3.63, 3.8) is 0 Å². The molecule has 1 aromatic carbocycles. The molecule has 0 saturated carbocycles. The molecule has 0 unspecified atom stereocenters. The zero-order valence-electron chi connectivity index (χ0n) is 10.3. The number of rotatable bonds is 3. The second-order valence-electron chi connectivity index (χ2n) is 4.11. The van der Waals surface area contributed by atoms with Gasteiger partial charge in [-0.25, -0.2) is 0 Å². The van der Waals surface area contributed by atoms with Crippen molar-refractivity contribution in [2.75, 3.05) is 0 Å². The van der Waals surface area contributed by atoms with Crippen LogP contribution in [-0.2, 0) is 0 Å². The first-order chi connectivity index (χ1) is 8.99. The van der Waals surface area contributed by atoms with Crippen molar-refractivity contribution in [2.45, 2.75) is 6.92 Å². The van der Waals surface area contributed by atoms with Crippen LogP contribution in [0.4, 0.5) is 0 Å². The van der Waals surface area contributed by atoms with Gasteiger partial charge in [0.25, 0.3) is 0 Å². The first kappa shape index (κ1) is 12.8. The minimum atomic E-state index is -0.554. The molecule has 0 fully saturated rings. The molecular weight excluding hydrogens is 244 g/mol. The summed E-state index contributed by atoms with van der Waals surface area (Å²) in [6.45, 7) is 1.73. The highest BCUT2D eigenvalue weighted by Gasteiger charge is 2.14. The summed E-state index contributed by atoms with van der Waals surface area (Å²) in [4.78, 5) is 27.0. The van der Waals surface area contributed by atoms with Crippen LogP contribution in [0.25, 0.3) is 0 Å². The second kappa shape index (κ2) is 4.89. The smallest absolute Gasteiger partial charge is 0.248 e. The molecule has 1 aromatic heterocycles. The molecule has 1 amide bonds. The van der Waals surface area contributed by atoms with Gasteiger partial charge in [0, 0.05) is 16.8 Å². The molecule has 0 radical (unpaired) electrons. The fraction of sp³-hybridized carbons (Fsp3) is 0.0714. The molecule has 5 nitrogen and oxygen atoms in total. The van der Waals surface area contributed by atoms with E-state index in [1.54, 1.807) is 6.92 Å². The zero-order valence-corrected chi connectivity index (χ0v) is 10.3. The highest BCUT2D eigenvalue weighted by atomic mass is 16.3. The van der Waals surface area contributed by atoms with Crippen LogP contribution in [0.15, 0.2) is 36.5 Å². The van der Waals surface area contributed by atoms with E-state index >= 15 is 0 Å². The van der Waals surface area contributed by atoms with E-state index in [1.165, 1.54) is 36.5 Å². The van der Waals surface area contributed by atoms with Gasteiger partial charge in [0.1, 0.15) is 5.75 Å². The predicted octanol–water partition coefficient (Wildman–Crippen LogP) is 1.43. The molecule has 19 heavy (non-hydrogen) atoms. The summed E-state index contributed by atoms with van der Waals surface area (Å²) < 4.78 is 0. The van der Waals surface area contributed by atoms with Gasteiger partial charge >= 0.3 is 0 Å². The number of carbonyl (C=O) groups excluding carboxylic acids is 2. The first-order valence-corrected chi connectivity index (χ1v) is 5.59. The van der Waals surface area contributed by atoms with Crippen LogP contribution in [0.2, 0.25) is 0 Å². The molecule has 0 aliphatic rings. The van der Waals surface area contributed by atoms with Crippen molar-refractivity contribution in [1.29, 1.82) is 0 Å². The molecular formula is C14H12N2O3. The van der Waals surface area contributed by atoms with Crippen LogP contribution in [-0.4, -0.2) is 21.8 Å². The van der Waals surface area contributed by atoms with Crippen LogP contribution < -0.4 is 5.73 Å². The van der Waals surface area contributed by atoms with Gasteiger partial charge in [0.15, 0.2) is 5.78 Å². The lowest BCUT2D eigenvalue weighted by molar-refractivity contribution is 0.0996. The highest BCUT2D eigenvalue weighted by molar-refractivity contribution is 6.11. The predicted molar refractivity (Wildman–Crippen MR) is 69.0 cm³/mol. The molecule has 0 bridgehead atoms. The monoisotopic (exact) mass is 256 g/mol. The van der Waals surface area contributed by atoms with Crippen LogP contribution >= 0.6 is 0 Å². The van der Waals surface area contributed by atoms with E-state index in [0.717, 1.165) is 0 Å². The molecule has 96 valence electrons. The molecule has 2 rings (SSSR count). The maximum absolute atomic E-state index is 12.2. The van der Waals surface area contributed by atoms with Gasteiger partial charge in [0.05, 0.1) is 11.8 Å². The Labute approximate surface area is 109 Å². The Morgan fingerprint density at radius 3 is 2.32 bits per heavy atom. The van der Waals surface area contributed by atoms with E-state index < -0.39 is 5.91 Å². The minimum absolute atomic E-state index is 0.172. The van der Waals surface area contributed by atoms with Gasteiger partial charge in [-0.1, -0.05) is 12.1 Å². The van der Waals surface area contributed by atoms with Gasteiger partial charge in [-0.2, -0.15) is 0 Å².